The van der Waals surface area contributed by atoms with E-state index in [4.69, 9.17) is 22.3 Å². The number of nitrogens with zero attached hydrogens (tertiary/aromatic N) is 2. The van der Waals surface area contributed by atoms with Crippen molar-refractivity contribution in [3.05, 3.63) is 29.8 Å². The third kappa shape index (κ3) is 10.1. The van der Waals surface area contributed by atoms with Crippen molar-refractivity contribution in [3.63, 3.8) is 0 Å². The van der Waals surface area contributed by atoms with Crippen molar-refractivity contribution < 1.29 is 39.3 Å². The Morgan fingerprint density at radius 1 is 1.00 bits per heavy atom. The number of phenolic OH excluding ortho intramolecular Hbond substituents is 1. The average molecular weight is 564 g/mol. The summed E-state index contributed by atoms with van der Waals surface area (Å²) >= 11 is 0. The molecule has 1 aromatic rings. The molecule has 0 aliphatic carbocycles. The van der Waals surface area contributed by atoms with Crippen LogP contribution in [0.3, 0.4) is 0 Å². The van der Waals surface area contributed by atoms with Crippen molar-refractivity contribution in [2.45, 2.75) is 69.1 Å². The maximum atomic E-state index is 13.3. The van der Waals surface area contributed by atoms with E-state index in [9.17, 15) is 34.2 Å². The van der Waals surface area contributed by atoms with Crippen molar-refractivity contribution in [2.24, 2.45) is 22.2 Å². The molecular weight excluding hydrogens is 526 g/mol. The second-order valence-corrected chi connectivity index (χ2v) is 9.51. The van der Waals surface area contributed by atoms with Crippen LogP contribution in [0.4, 0.5) is 0 Å². The first-order valence-corrected chi connectivity index (χ1v) is 12.8. The molecule has 220 valence electrons. The van der Waals surface area contributed by atoms with Crippen LogP contribution in [0.25, 0.3) is 0 Å². The monoisotopic (exact) mass is 563 g/mol. The number of aromatic hydroxyl groups is 1. The number of hydrogen-bond donors (Lipinski definition) is 8. The standard InChI is InChI=1S/C25H37N7O8/c26-16(13-14-5-7-15(33)8-6-14)21(36)30-17(9-10-20(34)35)22(37)31-18(3-1-11-29-25(27)28)23(38)32-12-2-4-19(32)24(39)40/h5-8,16-19,33H,1-4,9-13,26H2,(H,30,36)(H,31,37)(H,34,35)(H,39,40)(H4,27,28,29). The summed E-state index contributed by atoms with van der Waals surface area (Å²) in [5, 5.41) is 33.1. The van der Waals surface area contributed by atoms with Crippen molar-refractivity contribution in [1.29, 1.82) is 0 Å². The summed E-state index contributed by atoms with van der Waals surface area (Å²) in [6, 6.07) is 1.39. The highest BCUT2D eigenvalue weighted by atomic mass is 16.4. The minimum Gasteiger partial charge on any atom is -0.508 e. The molecule has 0 saturated carbocycles. The molecule has 1 saturated heterocycles. The Hall–Kier alpha value is -4.40. The van der Waals surface area contributed by atoms with Gasteiger partial charge in [0.05, 0.1) is 6.04 Å². The lowest BCUT2D eigenvalue weighted by Gasteiger charge is -2.29. The summed E-state index contributed by atoms with van der Waals surface area (Å²) in [6.45, 7) is 0.344. The number of carbonyl (C=O) groups is 5. The number of guanidine groups is 1. The van der Waals surface area contributed by atoms with Crippen LogP contribution in [0.15, 0.2) is 29.3 Å². The van der Waals surface area contributed by atoms with Crippen LogP contribution in [-0.4, -0.2) is 93.1 Å². The van der Waals surface area contributed by atoms with Gasteiger partial charge in [0.15, 0.2) is 5.96 Å². The number of carboxylic acids is 2. The van der Waals surface area contributed by atoms with Gasteiger partial charge in [0, 0.05) is 19.5 Å². The van der Waals surface area contributed by atoms with Gasteiger partial charge >= 0.3 is 11.9 Å². The zero-order valence-corrected chi connectivity index (χ0v) is 22.0. The lowest BCUT2D eigenvalue weighted by molar-refractivity contribution is -0.149. The van der Waals surface area contributed by atoms with Gasteiger partial charge in [-0.15, -0.1) is 0 Å². The van der Waals surface area contributed by atoms with Crippen LogP contribution in [0.5, 0.6) is 5.75 Å². The van der Waals surface area contributed by atoms with Crippen molar-refractivity contribution in [2.75, 3.05) is 13.1 Å². The Kier molecular flexibility index (Phi) is 12.1. The number of hydrogen-bond acceptors (Lipinski definition) is 8. The van der Waals surface area contributed by atoms with E-state index in [0.717, 1.165) is 0 Å². The number of nitrogens with one attached hydrogen (secondary N) is 2. The third-order valence-corrected chi connectivity index (χ3v) is 6.39. The molecule has 1 aromatic carbocycles. The molecule has 0 radical (unpaired) electrons. The van der Waals surface area contributed by atoms with Gasteiger partial charge in [-0.05, 0) is 56.2 Å². The number of benzene rings is 1. The van der Waals surface area contributed by atoms with Crippen LogP contribution in [0.2, 0.25) is 0 Å². The average Bonchev–Trinajstić information content (AvgIpc) is 3.39. The van der Waals surface area contributed by atoms with Crippen LogP contribution in [-0.2, 0) is 30.4 Å². The van der Waals surface area contributed by atoms with Gasteiger partial charge in [-0.25, -0.2) is 4.79 Å². The molecule has 15 nitrogen and oxygen atoms in total. The van der Waals surface area contributed by atoms with Crippen LogP contribution in [0, 0.1) is 0 Å². The first-order chi connectivity index (χ1) is 18.9. The number of aliphatic imine (C=N–C) groups is 1. The normalized spacial score (nSPS) is 16.8. The van der Waals surface area contributed by atoms with Crippen LogP contribution >= 0.6 is 0 Å². The second kappa shape index (κ2) is 15.3. The van der Waals surface area contributed by atoms with Gasteiger partial charge in [-0.2, -0.15) is 0 Å². The van der Waals surface area contributed by atoms with Gasteiger partial charge in [0.1, 0.15) is 23.9 Å². The Morgan fingerprint density at radius 2 is 1.65 bits per heavy atom. The van der Waals surface area contributed by atoms with Crippen LogP contribution in [0.1, 0.15) is 44.1 Å². The maximum absolute atomic E-state index is 13.3. The minimum atomic E-state index is -1.34. The van der Waals surface area contributed by atoms with Crippen LogP contribution < -0.4 is 27.8 Å². The molecule has 1 aliphatic rings. The summed E-state index contributed by atoms with van der Waals surface area (Å²) in [5.41, 5.74) is 17.3. The fraction of sp³-hybridized carbons (Fsp3) is 0.520. The SMILES string of the molecule is NC(N)=NCCCC(NC(=O)C(CCC(=O)O)NC(=O)C(N)Cc1ccc(O)cc1)C(=O)N1CCCC1C(=O)O. The fourth-order valence-electron chi connectivity index (χ4n) is 4.31. The predicted octanol–water partition coefficient (Wildman–Crippen LogP) is -1.77. The van der Waals surface area contributed by atoms with Gasteiger partial charge in [-0.3, -0.25) is 24.2 Å². The first kappa shape index (κ1) is 31.8. The predicted molar refractivity (Wildman–Crippen MR) is 143 cm³/mol. The zero-order valence-electron chi connectivity index (χ0n) is 22.0. The second-order valence-electron chi connectivity index (χ2n) is 9.51. The Labute approximate surface area is 230 Å². The molecular formula is C25H37N7O8. The smallest absolute Gasteiger partial charge is 0.326 e. The van der Waals surface area contributed by atoms with Gasteiger partial charge in [0.2, 0.25) is 17.7 Å². The van der Waals surface area contributed by atoms with E-state index in [1.165, 1.54) is 17.0 Å². The minimum absolute atomic E-state index is 0.0400. The summed E-state index contributed by atoms with van der Waals surface area (Å²) in [5.74, 6) is -4.64. The van der Waals surface area contributed by atoms with Gasteiger partial charge in [-0.1, -0.05) is 12.1 Å². The molecule has 0 aromatic heterocycles. The van der Waals surface area contributed by atoms with Gasteiger partial charge in [0.25, 0.3) is 0 Å². The molecule has 3 amide bonds. The maximum Gasteiger partial charge on any atom is 0.326 e. The van der Waals surface area contributed by atoms with E-state index in [1.54, 1.807) is 12.1 Å². The topological polar surface area (TPSA) is 264 Å². The van der Waals surface area contributed by atoms with Crippen molar-refractivity contribution in [3.8, 4) is 5.75 Å². The molecule has 1 heterocycles. The van der Waals surface area contributed by atoms with Crippen molar-refractivity contribution in [1.82, 2.24) is 15.5 Å². The van der Waals surface area contributed by atoms with Gasteiger partial charge < -0.3 is 48.1 Å². The Bertz CT molecular complexity index is 1090. The molecule has 4 atom stereocenters. The number of nitrogens with two attached hydrogens (primary N) is 3. The molecule has 40 heavy (non-hydrogen) atoms. The summed E-state index contributed by atoms with van der Waals surface area (Å²) in [4.78, 5) is 67.2. The third-order valence-electron chi connectivity index (χ3n) is 6.39. The summed E-state index contributed by atoms with van der Waals surface area (Å²) in [7, 11) is 0. The number of carbonyl (C=O) groups excluding carboxylic acids is 3. The van der Waals surface area contributed by atoms with E-state index in [0.29, 0.717) is 12.0 Å². The number of amides is 3. The quantitative estimate of drug-likeness (QED) is 0.0672. The van der Waals surface area contributed by atoms with Crippen molar-refractivity contribution >= 4 is 35.6 Å². The number of rotatable bonds is 15. The number of likely N-dealkylation sites (tertiary alicyclic amines) is 1. The highest BCUT2D eigenvalue weighted by molar-refractivity contribution is 5.94. The molecule has 11 N–H and O–H groups in total. The molecule has 2 rings (SSSR count). The highest BCUT2D eigenvalue weighted by Gasteiger charge is 2.38. The molecule has 15 heteroatoms. The molecule has 1 aliphatic heterocycles. The largest absolute Gasteiger partial charge is 0.508 e. The number of phenols is 1. The summed E-state index contributed by atoms with van der Waals surface area (Å²) in [6.07, 6.45) is 0.418. The lowest BCUT2D eigenvalue weighted by Crippen LogP contribution is -2.57. The lowest BCUT2D eigenvalue weighted by atomic mass is 10.0. The fourth-order valence-corrected chi connectivity index (χ4v) is 4.31. The molecule has 0 spiro atoms. The molecule has 0 bridgehead atoms. The van der Waals surface area contributed by atoms with E-state index in [1.807, 2.05) is 0 Å². The zero-order chi connectivity index (χ0) is 29.8. The molecule has 1 fully saturated rings. The van der Waals surface area contributed by atoms with E-state index in [-0.39, 0.29) is 56.9 Å². The Morgan fingerprint density at radius 3 is 2.25 bits per heavy atom. The van der Waals surface area contributed by atoms with E-state index < -0.39 is 60.2 Å². The highest BCUT2D eigenvalue weighted by Crippen LogP contribution is 2.20. The molecule has 4 unspecified atom stereocenters. The number of carboxylic acid groups (broad SMARTS) is 2. The number of aliphatic carboxylic acids is 2. The van der Waals surface area contributed by atoms with E-state index >= 15 is 0 Å². The first-order valence-electron chi connectivity index (χ1n) is 12.8. The van der Waals surface area contributed by atoms with E-state index in [2.05, 4.69) is 15.6 Å². The summed E-state index contributed by atoms with van der Waals surface area (Å²) < 4.78 is 0. The Balaban J connectivity index is 2.17.